The number of hydrogen-bond acceptors (Lipinski definition) is 3. The summed E-state index contributed by atoms with van der Waals surface area (Å²) in [7, 11) is 0. The third kappa shape index (κ3) is 2.89. The van der Waals surface area contributed by atoms with Gasteiger partial charge in [0.25, 0.3) is 5.56 Å². The zero-order chi connectivity index (χ0) is 16.1. The van der Waals surface area contributed by atoms with Gasteiger partial charge in [-0.25, -0.2) is 9.37 Å². The lowest BCUT2D eigenvalue weighted by atomic mass is 10.2. The second-order valence-corrected chi connectivity index (χ2v) is 4.37. The molecule has 22 heavy (non-hydrogen) atoms. The van der Waals surface area contributed by atoms with E-state index in [1.165, 1.54) is 28.8 Å². The van der Waals surface area contributed by atoms with Gasteiger partial charge in [-0.15, -0.1) is 0 Å². The molecule has 1 aromatic heterocycles. The Hall–Kier alpha value is -2.53. The molecule has 0 aliphatic carbocycles. The Labute approximate surface area is 128 Å². The fourth-order valence-electron chi connectivity index (χ4n) is 2.17. The monoisotopic (exact) mass is 299 g/mol. The first-order valence-corrected chi connectivity index (χ1v) is 7.17. The molecule has 114 valence electrons. The number of hydrogen-bond donors (Lipinski definition) is 1. The van der Waals surface area contributed by atoms with Crippen molar-refractivity contribution in [3.05, 3.63) is 70.5 Å². The highest BCUT2D eigenvalue weighted by molar-refractivity contribution is 5.77. The average molecular weight is 299 g/mol. The molecule has 0 radical (unpaired) electrons. The maximum Gasteiger partial charge on any atom is 0.266 e. The maximum atomic E-state index is 13.0. The summed E-state index contributed by atoms with van der Waals surface area (Å²) in [5.74, 6) is 0.0881. The van der Waals surface area contributed by atoms with Crippen LogP contribution in [0, 0.1) is 5.82 Å². The topological polar surface area (TPSA) is 60.9 Å². The van der Waals surface area contributed by atoms with E-state index in [0.717, 1.165) is 0 Å². The molecule has 0 bridgehead atoms. The fourth-order valence-corrected chi connectivity index (χ4v) is 2.17. The van der Waals surface area contributed by atoms with Gasteiger partial charge in [0, 0.05) is 0 Å². The summed E-state index contributed by atoms with van der Waals surface area (Å²) in [5, 5.41) is 0.508. The maximum absolute atomic E-state index is 13.0. The van der Waals surface area contributed by atoms with Crippen LogP contribution in [0.25, 0.3) is 16.6 Å². The van der Waals surface area contributed by atoms with Crippen LogP contribution in [0.5, 0.6) is 0 Å². The van der Waals surface area contributed by atoms with E-state index in [1.807, 2.05) is 19.9 Å². The fraction of sp³-hybridized carbons (Fsp3) is 0.176. The molecule has 0 atom stereocenters. The number of para-hydroxylation sites is 1. The van der Waals surface area contributed by atoms with Gasteiger partial charge in [-0.1, -0.05) is 26.0 Å². The number of aromatic nitrogens is 2. The molecule has 1 heterocycles. The predicted molar refractivity (Wildman–Crippen MR) is 86.5 cm³/mol. The summed E-state index contributed by atoms with van der Waals surface area (Å²) in [6, 6.07) is 12.8. The van der Waals surface area contributed by atoms with E-state index in [-0.39, 0.29) is 17.9 Å². The summed E-state index contributed by atoms with van der Waals surface area (Å²) in [4.78, 5) is 17.0. The molecule has 0 saturated heterocycles. The van der Waals surface area contributed by atoms with Crippen molar-refractivity contribution in [2.75, 3.05) is 0 Å². The van der Waals surface area contributed by atoms with Crippen molar-refractivity contribution < 1.29 is 4.39 Å². The molecule has 3 aromatic rings. The van der Waals surface area contributed by atoms with Gasteiger partial charge in [-0.3, -0.25) is 9.36 Å². The molecule has 0 amide bonds. The first-order chi connectivity index (χ1) is 10.7. The molecule has 0 saturated carbocycles. The highest BCUT2D eigenvalue weighted by Crippen LogP contribution is 2.13. The van der Waals surface area contributed by atoms with Crippen LogP contribution in [0.4, 0.5) is 4.39 Å². The minimum absolute atomic E-state index is 0.122. The van der Waals surface area contributed by atoms with E-state index in [2.05, 4.69) is 4.98 Å². The van der Waals surface area contributed by atoms with Gasteiger partial charge in [0.2, 0.25) is 0 Å². The van der Waals surface area contributed by atoms with Gasteiger partial charge in [0.1, 0.15) is 11.6 Å². The Kier molecular flexibility index (Phi) is 5.01. The Morgan fingerprint density at radius 2 is 1.73 bits per heavy atom. The lowest BCUT2D eigenvalue weighted by Gasteiger charge is -2.12. The summed E-state index contributed by atoms with van der Waals surface area (Å²) in [6.45, 7) is 4.12. The average Bonchev–Trinajstić information content (AvgIpc) is 2.58. The van der Waals surface area contributed by atoms with Crippen LogP contribution in [-0.2, 0) is 6.54 Å². The summed E-state index contributed by atoms with van der Waals surface area (Å²) in [6.07, 6.45) is 0. The second-order valence-electron chi connectivity index (χ2n) is 4.37. The van der Waals surface area contributed by atoms with Gasteiger partial charge in [0.15, 0.2) is 0 Å². The van der Waals surface area contributed by atoms with Gasteiger partial charge in [0.05, 0.1) is 23.1 Å². The summed E-state index contributed by atoms with van der Waals surface area (Å²) < 4.78 is 14.4. The number of rotatable bonds is 2. The molecule has 0 aliphatic rings. The molecule has 0 fully saturated rings. The van der Waals surface area contributed by atoms with E-state index in [9.17, 15) is 9.18 Å². The van der Waals surface area contributed by atoms with Crippen molar-refractivity contribution in [3.63, 3.8) is 0 Å². The van der Waals surface area contributed by atoms with Crippen LogP contribution in [-0.4, -0.2) is 9.55 Å². The molecular formula is C17H18FN3O. The summed E-state index contributed by atoms with van der Waals surface area (Å²) in [5.41, 5.74) is 6.63. The highest BCUT2D eigenvalue weighted by Gasteiger charge is 2.11. The van der Waals surface area contributed by atoms with Crippen LogP contribution in [0.15, 0.2) is 53.3 Å². The Morgan fingerprint density at radius 1 is 1.09 bits per heavy atom. The minimum atomic E-state index is -0.357. The van der Waals surface area contributed by atoms with Crippen molar-refractivity contribution >= 4 is 10.9 Å². The lowest BCUT2D eigenvalue weighted by molar-refractivity contribution is 0.627. The first kappa shape index (κ1) is 15.9. The largest absolute Gasteiger partial charge is 0.324 e. The van der Waals surface area contributed by atoms with Crippen molar-refractivity contribution in [1.29, 1.82) is 0 Å². The van der Waals surface area contributed by atoms with Gasteiger partial charge >= 0.3 is 0 Å². The van der Waals surface area contributed by atoms with E-state index in [0.29, 0.717) is 22.4 Å². The molecule has 3 rings (SSSR count). The second kappa shape index (κ2) is 6.95. The molecule has 0 aliphatic heterocycles. The number of halogens is 1. The molecular weight excluding hydrogens is 281 g/mol. The van der Waals surface area contributed by atoms with Crippen LogP contribution in [0.1, 0.15) is 19.7 Å². The number of fused-ring (bicyclic) bond motifs is 1. The van der Waals surface area contributed by atoms with Crippen molar-refractivity contribution in [3.8, 4) is 5.69 Å². The molecule has 4 nitrogen and oxygen atoms in total. The van der Waals surface area contributed by atoms with Crippen LogP contribution < -0.4 is 11.3 Å². The van der Waals surface area contributed by atoms with Crippen LogP contribution in [0.3, 0.4) is 0 Å². The molecule has 2 N–H and O–H groups in total. The standard InChI is InChI=1S/C15H12FN3O.C2H6/c16-10-5-7-11(8-6-10)19-14(9-17)18-13-4-2-1-3-12(13)15(19)20;1-2/h1-8H,9,17H2;1-2H3. The normalized spacial score (nSPS) is 10.2. The Balaban J connectivity index is 0.000000847. The van der Waals surface area contributed by atoms with Crippen molar-refractivity contribution in [2.45, 2.75) is 20.4 Å². The van der Waals surface area contributed by atoms with Crippen LogP contribution in [0.2, 0.25) is 0 Å². The van der Waals surface area contributed by atoms with Crippen LogP contribution >= 0.6 is 0 Å². The van der Waals surface area contributed by atoms with Gasteiger partial charge in [-0.2, -0.15) is 0 Å². The van der Waals surface area contributed by atoms with E-state index >= 15 is 0 Å². The zero-order valence-electron chi connectivity index (χ0n) is 12.6. The Morgan fingerprint density at radius 3 is 2.36 bits per heavy atom. The molecule has 2 aromatic carbocycles. The van der Waals surface area contributed by atoms with Crippen molar-refractivity contribution in [2.24, 2.45) is 5.73 Å². The lowest BCUT2D eigenvalue weighted by Crippen LogP contribution is -2.25. The van der Waals surface area contributed by atoms with Crippen molar-refractivity contribution in [1.82, 2.24) is 9.55 Å². The molecule has 0 unspecified atom stereocenters. The number of benzene rings is 2. The number of nitrogens with two attached hydrogens (primary N) is 1. The van der Waals surface area contributed by atoms with E-state index in [4.69, 9.17) is 5.73 Å². The smallest absolute Gasteiger partial charge is 0.266 e. The zero-order valence-corrected chi connectivity index (χ0v) is 12.6. The predicted octanol–water partition coefficient (Wildman–Crippen LogP) is 3.01. The van der Waals surface area contributed by atoms with Gasteiger partial charge in [-0.05, 0) is 36.4 Å². The number of nitrogens with zero attached hydrogens (tertiary/aromatic N) is 2. The summed E-state index contributed by atoms with van der Waals surface area (Å²) >= 11 is 0. The van der Waals surface area contributed by atoms with E-state index in [1.54, 1.807) is 18.2 Å². The Bertz CT molecular complexity index is 825. The third-order valence-electron chi connectivity index (χ3n) is 3.11. The van der Waals surface area contributed by atoms with Gasteiger partial charge < -0.3 is 5.73 Å². The minimum Gasteiger partial charge on any atom is -0.324 e. The quantitative estimate of drug-likeness (QED) is 0.791. The highest BCUT2D eigenvalue weighted by atomic mass is 19.1. The SMILES string of the molecule is CC.NCc1nc2ccccc2c(=O)n1-c1ccc(F)cc1. The first-order valence-electron chi connectivity index (χ1n) is 7.17. The van der Waals surface area contributed by atoms with E-state index < -0.39 is 0 Å². The molecule has 0 spiro atoms. The molecule has 5 heteroatoms. The third-order valence-corrected chi connectivity index (χ3v) is 3.11.